The topological polar surface area (TPSA) is 61.2 Å². The minimum atomic E-state index is -1.09. The van der Waals surface area contributed by atoms with Crippen LogP contribution in [0, 0.1) is 29.0 Å². The molecule has 2 aromatic rings. The molecule has 3 atom stereocenters. The van der Waals surface area contributed by atoms with Crippen molar-refractivity contribution in [3.05, 3.63) is 83.2 Å². The number of carbonyl (C=O) groups excluding carboxylic acids is 2. The minimum absolute atomic E-state index is 0.0266. The van der Waals surface area contributed by atoms with Gasteiger partial charge in [-0.15, -0.1) is 0 Å². The van der Waals surface area contributed by atoms with Crippen molar-refractivity contribution < 1.29 is 14.0 Å². The smallest absolute Gasteiger partial charge is 0.237 e. The zero-order valence-corrected chi connectivity index (χ0v) is 16.1. The normalized spacial score (nSPS) is 26.5. The van der Waals surface area contributed by atoms with E-state index in [1.807, 2.05) is 36.4 Å². The molecule has 2 aliphatic rings. The van der Waals surface area contributed by atoms with Crippen LogP contribution in [0.1, 0.15) is 24.5 Å². The van der Waals surface area contributed by atoms with Gasteiger partial charge in [-0.1, -0.05) is 55.5 Å². The van der Waals surface area contributed by atoms with Crippen LogP contribution in [0.25, 0.3) is 0 Å². The van der Waals surface area contributed by atoms with Crippen molar-refractivity contribution in [1.82, 2.24) is 4.90 Å². The Labute approximate surface area is 169 Å². The number of fused-ring (bicyclic) bond motifs is 1. The van der Waals surface area contributed by atoms with Crippen molar-refractivity contribution in [2.24, 2.45) is 11.8 Å². The van der Waals surface area contributed by atoms with Gasteiger partial charge in [0.2, 0.25) is 5.91 Å². The number of nitriles is 1. The lowest BCUT2D eigenvalue weighted by atomic mass is 9.57. The van der Waals surface area contributed by atoms with Gasteiger partial charge in [0.1, 0.15) is 11.9 Å². The van der Waals surface area contributed by atoms with Crippen molar-refractivity contribution in [1.29, 1.82) is 5.26 Å². The first-order valence-corrected chi connectivity index (χ1v) is 9.74. The predicted molar refractivity (Wildman–Crippen MR) is 106 cm³/mol. The Morgan fingerprint density at radius 2 is 1.83 bits per heavy atom. The Morgan fingerprint density at radius 3 is 2.52 bits per heavy atom. The van der Waals surface area contributed by atoms with Crippen LogP contribution in [0.3, 0.4) is 0 Å². The lowest BCUT2D eigenvalue weighted by Crippen LogP contribution is -2.59. The summed E-state index contributed by atoms with van der Waals surface area (Å²) in [4.78, 5) is 28.1. The predicted octanol–water partition coefficient (Wildman–Crippen LogP) is 3.78. The summed E-state index contributed by atoms with van der Waals surface area (Å²) in [6.45, 7) is 2.40. The molecule has 0 aromatic heterocycles. The maximum absolute atomic E-state index is 14.2. The highest BCUT2D eigenvalue weighted by atomic mass is 19.1. The molecule has 5 heteroatoms. The monoisotopic (exact) mass is 388 g/mol. The third-order valence-electron chi connectivity index (χ3n) is 6.28. The highest BCUT2D eigenvalue weighted by molar-refractivity contribution is 6.06. The molecular formula is C24H21FN2O2. The van der Waals surface area contributed by atoms with Crippen LogP contribution in [0.15, 0.2) is 66.2 Å². The SMILES string of the molecule is C[C@@H]1C(=O)C(C#N)=C[C@]2(c3ccccc3)C(=O)N(Cc3ccccc3F)CC[C@@H]12. The summed E-state index contributed by atoms with van der Waals surface area (Å²) in [5.41, 5.74) is 0.148. The Morgan fingerprint density at radius 1 is 1.14 bits per heavy atom. The average Bonchev–Trinajstić information content (AvgIpc) is 2.75. The van der Waals surface area contributed by atoms with Crippen molar-refractivity contribution in [3.63, 3.8) is 0 Å². The number of nitrogens with zero attached hydrogens (tertiary/aromatic N) is 2. The number of likely N-dealkylation sites (tertiary alicyclic amines) is 1. The molecule has 1 heterocycles. The number of halogens is 1. The maximum atomic E-state index is 14.2. The first-order chi connectivity index (χ1) is 14.0. The molecule has 0 spiro atoms. The number of piperidine rings is 1. The summed E-state index contributed by atoms with van der Waals surface area (Å²) in [5, 5.41) is 9.54. The summed E-state index contributed by atoms with van der Waals surface area (Å²) in [6, 6.07) is 17.7. The van der Waals surface area contributed by atoms with Crippen LogP contribution in [0.2, 0.25) is 0 Å². The van der Waals surface area contributed by atoms with E-state index in [1.54, 1.807) is 36.1 Å². The number of hydrogen-bond donors (Lipinski definition) is 0. The van der Waals surface area contributed by atoms with Crippen LogP contribution in [-0.4, -0.2) is 23.1 Å². The van der Waals surface area contributed by atoms with Gasteiger partial charge in [-0.2, -0.15) is 5.26 Å². The van der Waals surface area contributed by atoms with Gasteiger partial charge in [-0.3, -0.25) is 9.59 Å². The molecule has 2 aromatic carbocycles. The Bertz CT molecular complexity index is 1040. The average molecular weight is 388 g/mol. The molecule has 29 heavy (non-hydrogen) atoms. The van der Waals surface area contributed by atoms with Gasteiger partial charge in [0.05, 0.1) is 11.0 Å². The Kier molecular flexibility index (Phi) is 4.79. The van der Waals surface area contributed by atoms with Gasteiger partial charge in [0.15, 0.2) is 5.78 Å². The van der Waals surface area contributed by atoms with E-state index < -0.39 is 11.3 Å². The van der Waals surface area contributed by atoms with E-state index in [-0.39, 0.29) is 35.5 Å². The summed E-state index contributed by atoms with van der Waals surface area (Å²) in [7, 11) is 0. The van der Waals surface area contributed by atoms with E-state index >= 15 is 0 Å². The quantitative estimate of drug-likeness (QED) is 0.804. The number of carbonyl (C=O) groups is 2. The molecular weight excluding hydrogens is 367 g/mol. The molecule has 4 rings (SSSR count). The highest BCUT2D eigenvalue weighted by Gasteiger charge is 2.56. The Balaban J connectivity index is 1.84. The van der Waals surface area contributed by atoms with Crippen molar-refractivity contribution in [2.75, 3.05) is 6.54 Å². The maximum Gasteiger partial charge on any atom is 0.237 e. The number of amides is 1. The number of Topliss-reactive ketones (excluding diaryl/α,β-unsaturated/α-hetero) is 1. The van der Waals surface area contributed by atoms with Crippen LogP contribution >= 0.6 is 0 Å². The molecule has 1 amide bonds. The molecule has 0 N–H and O–H groups in total. The fourth-order valence-electron chi connectivity index (χ4n) is 4.79. The lowest BCUT2D eigenvalue weighted by molar-refractivity contribution is -0.145. The molecule has 4 nitrogen and oxygen atoms in total. The third-order valence-corrected chi connectivity index (χ3v) is 6.28. The molecule has 1 saturated heterocycles. The number of hydrogen-bond acceptors (Lipinski definition) is 3. The number of benzene rings is 2. The van der Waals surface area contributed by atoms with Gasteiger partial charge in [0, 0.05) is 24.6 Å². The van der Waals surface area contributed by atoms with E-state index in [1.165, 1.54) is 6.07 Å². The van der Waals surface area contributed by atoms with Gasteiger partial charge in [-0.05, 0) is 30.0 Å². The summed E-state index contributed by atoms with van der Waals surface area (Å²) in [5.74, 6) is -1.42. The molecule has 0 unspecified atom stereocenters. The largest absolute Gasteiger partial charge is 0.337 e. The molecule has 146 valence electrons. The molecule has 0 bridgehead atoms. The first kappa shape index (κ1) is 19.1. The second kappa shape index (κ2) is 7.29. The van der Waals surface area contributed by atoms with Crippen LogP contribution in [0.5, 0.6) is 0 Å². The van der Waals surface area contributed by atoms with E-state index in [4.69, 9.17) is 0 Å². The number of ketones is 1. The fraction of sp³-hybridized carbons (Fsp3) is 0.292. The second-order valence-electron chi connectivity index (χ2n) is 7.77. The van der Waals surface area contributed by atoms with Crippen LogP contribution < -0.4 is 0 Å². The third kappa shape index (κ3) is 2.96. The zero-order valence-electron chi connectivity index (χ0n) is 16.1. The Hall–Kier alpha value is -3.26. The fourth-order valence-corrected chi connectivity index (χ4v) is 4.79. The minimum Gasteiger partial charge on any atom is -0.337 e. The van der Waals surface area contributed by atoms with Gasteiger partial charge in [0.25, 0.3) is 0 Å². The summed E-state index contributed by atoms with van der Waals surface area (Å²) in [6.07, 6.45) is 2.17. The number of rotatable bonds is 3. The molecule has 0 saturated carbocycles. The van der Waals surface area contributed by atoms with Crippen LogP contribution in [0.4, 0.5) is 4.39 Å². The van der Waals surface area contributed by atoms with Gasteiger partial charge < -0.3 is 4.90 Å². The van der Waals surface area contributed by atoms with E-state index in [9.17, 15) is 19.2 Å². The standard InChI is InChI=1S/C24H21FN2O2/c1-16-20-11-12-27(15-17-7-5-6-10-21(17)25)23(29)24(20,13-18(14-26)22(16)28)19-8-3-2-4-9-19/h2-10,13,16,20H,11-12,15H2,1H3/t16-,20-,24+/m0/s1. The van der Waals surface area contributed by atoms with Crippen molar-refractivity contribution >= 4 is 11.7 Å². The molecule has 1 aliphatic carbocycles. The van der Waals surface area contributed by atoms with E-state index in [0.717, 1.165) is 5.56 Å². The molecule has 1 fully saturated rings. The van der Waals surface area contributed by atoms with Crippen molar-refractivity contribution in [2.45, 2.75) is 25.3 Å². The molecule has 1 aliphatic heterocycles. The number of allylic oxidation sites excluding steroid dienone is 1. The summed E-state index contributed by atoms with van der Waals surface area (Å²) < 4.78 is 14.2. The van der Waals surface area contributed by atoms with Gasteiger partial charge in [-0.25, -0.2) is 4.39 Å². The van der Waals surface area contributed by atoms with E-state index in [2.05, 4.69) is 0 Å². The lowest BCUT2D eigenvalue weighted by Gasteiger charge is -2.50. The van der Waals surface area contributed by atoms with E-state index in [0.29, 0.717) is 18.5 Å². The van der Waals surface area contributed by atoms with Gasteiger partial charge >= 0.3 is 0 Å². The highest BCUT2D eigenvalue weighted by Crippen LogP contribution is 2.49. The summed E-state index contributed by atoms with van der Waals surface area (Å²) >= 11 is 0. The van der Waals surface area contributed by atoms with Crippen molar-refractivity contribution in [3.8, 4) is 6.07 Å². The van der Waals surface area contributed by atoms with Crippen LogP contribution in [-0.2, 0) is 21.5 Å². The zero-order chi connectivity index (χ0) is 20.6. The first-order valence-electron chi connectivity index (χ1n) is 9.74. The second-order valence-corrected chi connectivity index (χ2v) is 7.77. The molecule has 0 radical (unpaired) electrons.